The van der Waals surface area contributed by atoms with E-state index in [0.29, 0.717) is 15.7 Å². The van der Waals surface area contributed by atoms with Crippen LogP contribution in [0.15, 0.2) is 54.1 Å². The van der Waals surface area contributed by atoms with Crippen LogP contribution in [0.5, 0.6) is 0 Å². The summed E-state index contributed by atoms with van der Waals surface area (Å²) < 4.78 is 2.03. The maximum atomic E-state index is 12.7. The fourth-order valence-electron chi connectivity index (χ4n) is 3.22. The summed E-state index contributed by atoms with van der Waals surface area (Å²) in [6.45, 7) is 5.74. The molecule has 0 radical (unpaired) electrons. The van der Waals surface area contributed by atoms with Crippen LogP contribution in [0.3, 0.4) is 0 Å². The molecule has 0 spiro atoms. The van der Waals surface area contributed by atoms with Crippen LogP contribution in [0, 0.1) is 32.1 Å². The largest absolute Gasteiger partial charge is 0.320 e. The number of rotatable bonds is 4. The number of aryl methyl sites for hydroxylation is 2. The first-order valence-electron chi connectivity index (χ1n) is 8.95. The Balaban J connectivity index is 1.97. The lowest BCUT2D eigenvalue weighted by molar-refractivity contribution is -0.112. The van der Waals surface area contributed by atoms with Gasteiger partial charge in [0.1, 0.15) is 11.6 Å². The van der Waals surface area contributed by atoms with Crippen molar-refractivity contribution in [3.63, 3.8) is 0 Å². The highest BCUT2D eigenvalue weighted by Gasteiger charge is 2.16. The number of para-hydroxylation sites is 1. The average Bonchev–Trinajstić information content (AvgIpc) is 2.95. The predicted molar refractivity (Wildman–Crippen MR) is 119 cm³/mol. The second-order valence-corrected chi connectivity index (χ2v) is 7.54. The van der Waals surface area contributed by atoms with E-state index in [1.165, 1.54) is 0 Å². The highest BCUT2D eigenvalue weighted by Crippen LogP contribution is 2.27. The third-order valence-electron chi connectivity index (χ3n) is 4.66. The van der Waals surface area contributed by atoms with Crippen molar-refractivity contribution >= 4 is 40.9 Å². The maximum absolute atomic E-state index is 12.7. The van der Waals surface area contributed by atoms with Gasteiger partial charge >= 0.3 is 0 Å². The Morgan fingerprint density at radius 1 is 1.10 bits per heavy atom. The first-order valence-corrected chi connectivity index (χ1v) is 9.70. The molecule has 0 aliphatic carbocycles. The zero-order chi connectivity index (χ0) is 21.1. The van der Waals surface area contributed by atoms with Crippen LogP contribution in [0.2, 0.25) is 10.0 Å². The summed E-state index contributed by atoms with van der Waals surface area (Å²) in [5.74, 6) is -0.503. The van der Waals surface area contributed by atoms with E-state index in [2.05, 4.69) is 5.32 Å². The highest BCUT2D eigenvalue weighted by molar-refractivity contribution is 6.34. The van der Waals surface area contributed by atoms with E-state index in [4.69, 9.17) is 23.2 Å². The van der Waals surface area contributed by atoms with Gasteiger partial charge in [0, 0.05) is 22.1 Å². The molecular formula is C23H19Cl2N3O. The van der Waals surface area contributed by atoms with Gasteiger partial charge in [0.25, 0.3) is 5.91 Å². The molecule has 3 rings (SSSR count). The SMILES string of the molecule is Cc1cccc(Cl)c1NC(=O)/C(C#N)=C/c1cc(C)n(-c2cccc(Cl)c2)c1C. The Kier molecular flexibility index (Phi) is 6.12. The van der Waals surface area contributed by atoms with E-state index < -0.39 is 5.91 Å². The smallest absolute Gasteiger partial charge is 0.266 e. The number of hydrogen-bond acceptors (Lipinski definition) is 2. The van der Waals surface area contributed by atoms with Crippen molar-refractivity contribution in [3.05, 3.63) is 86.7 Å². The van der Waals surface area contributed by atoms with Gasteiger partial charge in [-0.25, -0.2) is 0 Å². The van der Waals surface area contributed by atoms with Crippen LogP contribution in [0.25, 0.3) is 11.8 Å². The number of nitriles is 1. The molecule has 0 unspecified atom stereocenters. The molecule has 1 amide bonds. The van der Waals surface area contributed by atoms with Gasteiger partial charge in [-0.1, -0.05) is 41.4 Å². The number of amides is 1. The van der Waals surface area contributed by atoms with Gasteiger partial charge in [-0.05, 0) is 68.3 Å². The quantitative estimate of drug-likeness (QED) is 0.397. The third-order valence-corrected chi connectivity index (χ3v) is 5.21. The van der Waals surface area contributed by atoms with E-state index in [9.17, 15) is 10.1 Å². The zero-order valence-corrected chi connectivity index (χ0v) is 17.8. The molecule has 2 aromatic carbocycles. The number of halogens is 2. The molecule has 0 fully saturated rings. The Labute approximate surface area is 180 Å². The molecule has 0 aliphatic rings. The molecule has 1 N–H and O–H groups in total. The molecule has 6 heteroatoms. The number of carbonyl (C=O) groups is 1. The lowest BCUT2D eigenvalue weighted by Crippen LogP contribution is -2.14. The normalized spacial score (nSPS) is 11.2. The summed E-state index contributed by atoms with van der Waals surface area (Å²) in [7, 11) is 0. The number of aromatic nitrogens is 1. The van der Waals surface area contributed by atoms with E-state index in [1.54, 1.807) is 18.2 Å². The van der Waals surface area contributed by atoms with Crippen molar-refractivity contribution in [2.75, 3.05) is 5.32 Å². The van der Waals surface area contributed by atoms with Crippen LogP contribution < -0.4 is 5.32 Å². The van der Waals surface area contributed by atoms with Gasteiger partial charge in [-0.3, -0.25) is 4.79 Å². The molecular weight excluding hydrogens is 405 g/mol. The van der Waals surface area contributed by atoms with Gasteiger partial charge in [-0.2, -0.15) is 5.26 Å². The van der Waals surface area contributed by atoms with Gasteiger partial charge in [-0.15, -0.1) is 0 Å². The summed E-state index contributed by atoms with van der Waals surface area (Å²) >= 11 is 12.3. The highest BCUT2D eigenvalue weighted by atomic mass is 35.5. The summed E-state index contributed by atoms with van der Waals surface area (Å²) in [5, 5.41) is 13.4. The molecule has 1 heterocycles. The van der Waals surface area contributed by atoms with Crippen molar-refractivity contribution in [2.45, 2.75) is 20.8 Å². The molecule has 0 saturated heterocycles. The van der Waals surface area contributed by atoms with E-state index in [-0.39, 0.29) is 5.57 Å². The molecule has 3 aromatic rings. The Hall–Kier alpha value is -3.00. The van der Waals surface area contributed by atoms with Crippen LogP contribution >= 0.6 is 23.2 Å². The van der Waals surface area contributed by atoms with Gasteiger partial charge in [0.05, 0.1) is 10.7 Å². The van der Waals surface area contributed by atoms with Crippen LogP contribution in [-0.4, -0.2) is 10.5 Å². The third kappa shape index (κ3) is 4.37. The molecule has 0 saturated carbocycles. The molecule has 4 nitrogen and oxygen atoms in total. The first kappa shape index (κ1) is 20.7. The average molecular weight is 424 g/mol. The minimum Gasteiger partial charge on any atom is -0.320 e. The number of benzene rings is 2. The van der Waals surface area contributed by atoms with E-state index in [1.807, 2.05) is 67.8 Å². The Morgan fingerprint density at radius 3 is 2.48 bits per heavy atom. The predicted octanol–water partition coefficient (Wildman–Crippen LogP) is 6.26. The summed E-state index contributed by atoms with van der Waals surface area (Å²) in [5.41, 5.74) is 4.89. The number of nitrogens with zero attached hydrogens (tertiary/aromatic N) is 2. The Morgan fingerprint density at radius 2 is 1.83 bits per heavy atom. The number of anilines is 1. The van der Waals surface area contributed by atoms with Crippen LogP contribution in [0.4, 0.5) is 5.69 Å². The molecule has 0 bridgehead atoms. The van der Waals surface area contributed by atoms with Crippen LogP contribution in [-0.2, 0) is 4.79 Å². The van der Waals surface area contributed by atoms with Gasteiger partial charge in [0.2, 0.25) is 0 Å². The van der Waals surface area contributed by atoms with Crippen molar-refractivity contribution in [1.29, 1.82) is 5.26 Å². The molecule has 0 atom stereocenters. The molecule has 146 valence electrons. The fourth-order valence-corrected chi connectivity index (χ4v) is 3.68. The van der Waals surface area contributed by atoms with Crippen molar-refractivity contribution in [2.24, 2.45) is 0 Å². The minimum absolute atomic E-state index is 0.00401. The Bertz CT molecular complexity index is 1150. The van der Waals surface area contributed by atoms with Crippen molar-refractivity contribution in [1.82, 2.24) is 4.57 Å². The van der Waals surface area contributed by atoms with E-state index in [0.717, 1.165) is 28.2 Å². The fraction of sp³-hybridized carbons (Fsp3) is 0.130. The number of nitrogens with one attached hydrogen (secondary N) is 1. The van der Waals surface area contributed by atoms with Crippen LogP contribution in [0.1, 0.15) is 22.5 Å². The lowest BCUT2D eigenvalue weighted by atomic mass is 10.1. The van der Waals surface area contributed by atoms with Gasteiger partial charge in [0.15, 0.2) is 0 Å². The van der Waals surface area contributed by atoms with Crippen molar-refractivity contribution < 1.29 is 4.79 Å². The summed E-state index contributed by atoms with van der Waals surface area (Å²) in [6.07, 6.45) is 1.59. The maximum Gasteiger partial charge on any atom is 0.266 e. The second-order valence-electron chi connectivity index (χ2n) is 6.70. The van der Waals surface area contributed by atoms with Gasteiger partial charge < -0.3 is 9.88 Å². The minimum atomic E-state index is -0.503. The topological polar surface area (TPSA) is 57.8 Å². The number of hydrogen-bond donors (Lipinski definition) is 1. The molecule has 29 heavy (non-hydrogen) atoms. The number of carbonyl (C=O) groups excluding carboxylic acids is 1. The lowest BCUT2D eigenvalue weighted by Gasteiger charge is -2.10. The van der Waals surface area contributed by atoms with Crippen molar-refractivity contribution in [3.8, 4) is 11.8 Å². The summed E-state index contributed by atoms with van der Waals surface area (Å²) in [4.78, 5) is 12.7. The molecule has 1 aromatic heterocycles. The standard InChI is InChI=1S/C23H19Cl2N3O/c1-14-6-4-9-21(25)22(14)27-23(29)18(13-26)11-17-10-15(2)28(16(17)3)20-8-5-7-19(24)12-20/h4-12H,1-3H3,(H,27,29)/b18-11+. The summed E-state index contributed by atoms with van der Waals surface area (Å²) in [6, 6.07) is 16.8. The zero-order valence-electron chi connectivity index (χ0n) is 16.3. The molecule has 0 aliphatic heterocycles. The first-order chi connectivity index (χ1) is 13.8. The second kappa shape index (κ2) is 8.57. The van der Waals surface area contributed by atoms with E-state index >= 15 is 0 Å². The monoisotopic (exact) mass is 423 g/mol.